The molecule has 3 rings (SSSR count). The Morgan fingerprint density at radius 2 is 1.92 bits per heavy atom. The van der Waals surface area contributed by atoms with Gasteiger partial charge in [-0.3, -0.25) is 4.72 Å². The zero-order valence-corrected chi connectivity index (χ0v) is 14.9. The van der Waals surface area contributed by atoms with E-state index < -0.39 is 10.0 Å². The summed E-state index contributed by atoms with van der Waals surface area (Å²) >= 11 is 1.48. The molecular formula is C17H17N3O2S2. The highest BCUT2D eigenvalue weighted by molar-refractivity contribution is 7.92. The average molecular weight is 359 g/mol. The van der Waals surface area contributed by atoms with Gasteiger partial charge in [-0.05, 0) is 43.4 Å². The summed E-state index contributed by atoms with van der Waals surface area (Å²) in [6.07, 6.45) is 5.39. The molecule has 24 heavy (non-hydrogen) atoms. The van der Waals surface area contributed by atoms with E-state index in [-0.39, 0.29) is 0 Å². The van der Waals surface area contributed by atoms with Gasteiger partial charge in [0.15, 0.2) is 0 Å². The molecule has 1 heterocycles. The number of hydrogen-bond donors (Lipinski definition) is 1. The summed E-state index contributed by atoms with van der Waals surface area (Å²) in [4.78, 5) is 4.60. The van der Waals surface area contributed by atoms with Gasteiger partial charge in [0.1, 0.15) is 11.1 Å². The molecule has 5 nitrogen and oxygen atoms in total. The molecule has 0 unspecified atom stereocenters. The van der Waals surface area contributed by atoms with Crippen LogP contribution in [0.1, 0.15) is 30.7 Å². The fourth-order valence-corrected chi connectivity index (χ4v) is 4.21. The van der Waals surface area contributed by atoms with E-state index in [2.05, 4.69) is 15.8 Å². The highest BCUT2D eigenvalue weighted by Gasteiger charge is 2.17. The minimum atomic E-state index is -3.28. The molecule has 0 aliphatic heterocycles. The molecule has 1 aromatic heterocycles. The van der Waals surface area contributed by atoms with Gasteiger partial charge >= 0.3 is 0 Å². The molecule has 0 spiro atoms. The van der Waals surface area contributed by atoms with Crippen LogP contribution >= 0.6 is 11.3 Å². The van der Waals surface area contributed by atoms with Crippen molar-refractivity contribution in [3.05, 3.63) is 40.2 Å². The highest BCUT2D eigenvalue weighted by atomic mass is 32.2. The van der Waals surface area contributed by atoms with Crippen LogP contribution in [0.5, 0.6) is 0 Å². The summed E-state index contributed by atoms with van der Waals surface area (Å²) in [5, 5.41) is 12.2. The lowest BCUT2D eigenvalue weighted by Gasteiger charge is -2.04. The van der Waals surface area contributed by atoms with Crippen LogP contribution in [0.15, 0.2) is 35.2 Å². The first-order chi connectivity index (χ1) is 11.5. The van der Waals surface area contributed by atoms with Crippen LogP contribution in [0, 0.1) is 11.3 Å². The number of nitrogens with one attached hydrogen (secondary N) is 1. The Morgan fingerprint density at radius 1 is 1.25 bits per heavy atom. The molecule has 1 saturated carbocycles. The van der Waals surface area contributed by atoms with Crippen molar-refractivity contribution in [1.82, 2.24) is 4.98 Å². The number of anilines is 1. The van der Waals surface area contributed by atoms with Gasteiger partial charge in [0, 0.05) is 16.6 Å². The lowest BCUT2D eigenvalue weighted by molar-refractivity contribution is 0.607. The second kappa shape index (κ2) is 6.75. The van der Waals surface area contributed by atoms with Gasteiger partial charge in [-0.25, -0.2) is 13.4 Å². The molecule has 7 heteroatoms. The smallest absolute Gasteiger partial charge is 0.229 e. The molecule has 1 aromatic carbocycles. The van der Waals surface area contributed by atoms with E-state index in [9.17, 15) is 13.7 Å². The van der Waals surface area contributed by atoms with Gasteiger partial charge in [-0.15, -0.1) is 11.3 Å². The van der Waals surface area contributed by atoms with Gasteiger partial charge in [0.05, 0.1) is 17.5 Å². The molecule has 0 saturated heterocycles. The van der Waals surface area contributed by atoms with Crippen LogP contribution in [-0.4, -0.2) is 19.7 Å². The molecule has 1 aliphatic rings. The van der Waals surface area contributed by atoms with Crippen LogP contribution in [-0.2, 0) is 10.0 Å². The summed E-state index contributed by atoms with van der Waals surface area (Å²) in [6, 6.07) is 9.36. The number of nitriles is 1. The maximum atomic E-state index is 11.2. The van der Waals surface area contributed by atoms with Gasteiger partial charge < -0.3 is 0 Å². The number of nitrogens with zero attached hydrogens (tertiary/aromatic N) is 2. The maximum absolute atomic E-state index is 11.2. The van der Waals surface area contributed by atoms with E-state index >= 15 is 0 Å². The molecule has 1 N–H and O–H groups in total. The topological polar surface area (TPSA) is 82.9 Å². The largest absolute Gasteiger partial charge is 0.284 e. The average Bonchev–Trinajstić information content (AvgIpc) is 3.19. The van der Waals surface area contributed by atoms with Gasteiger partial charge in [-0.1, -0.05) is 12.1 Å². The third-order valence-corrected chi connectivity index (χ3v) is 5.34. The molecule has 0 amide bonds. The van der Waals surface area contributed by atoms with E-state index in [1.165, 1.54) is 16.9 Å². The Hall–Kier alpha value is -2.17. The van der Waals surface area contributed by atoms with Crippen LogP contribution in [0.4, 0.5) is 5.69 Å². The zero-order chi connectivity index (χ0) is 17.2. The normalized spacial score (nSPS) is 14.4. The predicted molar refractivity (Wildman–Crippen MR) is 97.0 cm³/mol. The number of rotatable bonds is 4. The highest BCUT2D eigenvalue weighted by Crippen LogP contribution is 2.34. The first kappa shape index (κ1) is 16.7. The van der Waals surface area contributed by atoms with Crippen molar-refractivity contribution < 1.29 is 8.42 Å². The third-order valence-electron chi connectivity index (χ3n) is 3.87. The first-order valence-corrected chi connectivity index (χ1v) is 10.4. The molecule has 124 valence electrons. The van der Waals surface area contributed by atoms with Crippen LogP contribution in [0.25, 0.3) is 16.8 Å². The van der Waals surface area contributed by atoms with Crippen molar-refractivity contribution in [2.45, 2.75) is 25.7 Å². The standard InChI is InChI=1S/C17H17N3O2S2/c1-24(21,22)20-14-8-6-13(7-9-14)16-11-23-17(19-16)15(10-18)12-4-2-3-5-12/h6-9,11,20H,2-5H2,1H3. The predicted octanol–water partition coefficient (Wildman–Crippen LogP) is 4.03. The Kier molecular flexibility index (Phi) is 4.69. The Morgan fingerprint density at radius 3 is 2.50 bits per heavy atom. The Bertz CT molecular complexity index is 911. The minimum Gasteiger partial charge on any atom is -0.284 e. The number of hydrogen-bond acceptors (Lipinski definition) is 5. The third kappa shape index (κ3) is 3.83. The van der Waals surface area contributed by atoms with E-state index in [4.69, 9.17) is 0 Å². The zero-order valence-electron chi connectivity index (χ0n) is 13.2. The summed E-state index contributed by atoms with van der Waals surface area (Å²) in [5.74, 6) is 0. The number of sulfonamides is 1. The molecular weight excluding hydrogens is 342 g/mol. The van der Waals surface area contributed by atoms with Crippen LogP contribution in [0.3, 0.4) is 0 Å². The summed E-state index contributed by atoms with van der Waals surface area (Å²) in [7, 11) is -3.28. The van der Waals surface area contributed by atoms with Gasteiger partial charge in [0.25, 0.3) is 0 Å². The number of allylic oxidation sites excluding steroid dienone is 2. The van der Waals surface area contributed by atoms with Crippen molar-refractivity contribution in [2.75, 3.05) is 11.0 Å². The van der Waals surface area contributed by atoms with E-state index in [1.54, 1.807) is 12.1 Å². The summed E-state index contributed by atoms with van der Waals surface area (Å²) in [5.41, 5.74) is 4.14. The SMILES string of the molecule is CS(=O)(=O)Nc1ccc(-c2csc(C(C#N)=C3CCCC3)n2)cc1. The minimum absolute atomic E-state index is 0.516. The van der Waals surface area contributed by atoms with Gasteiger partial charge in [-0.2, -0.15) is 5.26 Å². The monoisotopic (exact) mass is 359 g/mol. The van der Waals surface area contributed by atoms with Crippen molar-refractivity contribution in [3.8, 4) is 17.3 Å². The van der Waals surface area contributed by atoms with Crippen LogP contribution in [0.2, 0.25) is 0 Å². The van der Waals surface area contributed by atoms with Crippen molar-refractivity contribution >= 4 is 32.6 Å². The Labute approximate surface area is 145 Å². The summed E-state index contributed by atoms with van der Waals surface area (Å²) < 4.78 is 24.9. The van der Waals surface area contributed by atoms with E-state index in [0.717, 1.165) is 53.8 Å². The first-order valence-electron chi connectivity index (χ1n) is 7.62. The van der Waals surface area contributed by atoms with Gasteiger partial charge in [0.2, 0.25) is 10.0 Å². The number of benzene rings is 1. The quantitative estimate of drug-likeness (QED) is 0.835. The second-order valence-corrected chi connectivity index (χ2v) is 8.39. The van der Waals surface area contributed by atoms with Crippen molar-refractivity contribution in [2.24, 2.45) is 0 Å². The van der Waals surface area contributed by atoms with E-state index in [1.807, 2.05) is 17.5 Å². The second-order valence-electron chi connectivity index (χ2n) is 5.79. The van der Waals surface area contributed by atoms with Crippen molar-refractivity contribution in [3.63, 3.8) is 0 Å². The molecule has 0 atom stereocenters. The van der Waals surface area contributed by atoms with E-state index in [0.29, 0.717) is 5.69 Å². The lowest BCUT2D eigenvalue weighted by atomic mass is 10.1. The fraction of sp³-hybridized carbons (Fsp3) is 0.294. The summed E-state index contributed by atoms with van der Waals surface area (Å²) in [6.45, 7) is 0. The lowest BCUT2D eigenvalue weighted by Crippen LogP contribution is -2.09. The fourth-order valence-electron chi connectivity index (χ4n) is 2.77. The molecule has 0 radical (unpaired) electrons. The molecule has 1 fully saturated rings. The number of aromatic nitrogens is 1. The molecule has 1 aliphatic carbocycles. The molecule has 0 bridgehead atoms. The number of thiazole rings is 1. The van der Waals surface area contributed by atoms with Crippen LogP contribution < -0.4 is 4.72 Å². The Balaban J connectivity index is 1.86. The molecule has 2 aromatic rings. The van der Waals surface area contributed by atoms with Crippen molar-refractivity contribution in [1.29, 1.82) is 5.26 Å². The maximum Gasteiger partial charge on any atom is 0.229 e.